The average molecular weight is 465 g/mol. The number of carbonyl (C=O) groups is 5. The quantitative estimate of drug-likeness (QED) is 0.381. The van der Waals surface area contributed by atoms with Gasteiger partial charge in [-0.1, -0.05) is 51.1 Å². The molecule has 4 atom stereocenters. The lowest BCUT2D eigenvalue weighted by Crippen LogP contribution is -2.49. The predicted molar refractivity (Wildman–Crippen MR) is 123 cm³/mol. The van der Waals surface area contributed by atoms with Gasteiger partial charge in [0, 0.05) is 18.0 Å². The van der Waals surface area contributed by atoms with Gasteiger partial charge in [-0.15, -0.1) is 0 Å². The van der Waals surface area contributed by atoms with E-state index in [-0.39, 0.29) is 18.2 Å². The Hall–Kier alpha value is -3.88. The van der Waals surface area contributed by atoms with E-state index >= 15 is 0 Å². The van der Waals surface area contributed by atoms with Gasteiger partial charge in [0.1, 0.15) is 5.92 Å². The first-order chi connectivity index (χ1) is 16.2. The molecule has 2 heterocycles. The molecule has 178 valence electrons. The molecule has 1 aromatic heterocycles. The molecule has 1 aromatic carbocycles. The van der Waals surface area contributed by atoms with Crippen LogP contribution in [0, 0.1) is 17.8 Å². The number of rotatable bonds is 9. The van der Waals surface area contributed by atoms with Gasteiger partial charge >= 0.3 is 0 Å². The maximum absolute atomic E-state index is 13.1. The van der Waals surface area contributed by atoms with Gasteiger partial charge in [0.2, 0.25) is 17.7 Å². The van der Waals surface area contributed by atoms with Crippen molar-refractivity contribution in [1.82, 2.24) is 20.9 Å². The number of nitrogens with zero attached hydrogens (tertiary/aromatic N) is 1. The summed E-state index contributed by atoms with van der Waals surface area (Å²) in [6.07, 6.45) is 2.88. The van der Waals surface area contributed by atoms with Gasteiger partial charge in [-0.25, -0.2) is 0 Å². The van der Waals surface area contributed by atoms with E-state index in [9.17, 15) is 24.0 Å². The molecule has 9 heteroatoms. The van der Waals surface area contributed by atoms with Crippen LogP contribution in [0.2, 0.25) is 0 Å². The Balaban J connectivity index is 1.75. The number of pyridine rings is 1. The molecule has 34 heavy (non-hydrogen) atoms. The van der Waals surface area contributed by atoms with Gasteiger partial charge in [-0.2, -0.15) is 0 Å². The second-order valence-corrected chi connectivity index (χ2v) is 8.69. The van der Waals surface area contributed by atoms with Crippen molar-refractivity contribution < 1.29 is 24.0 Å². The zero-order valence-corrected chi connectivity index (χ0v) is 19.3. The van der Waals surface area contributed by atoms with Crippen molar-refractivity contribution in [3.05, 3.63) is 66.0 Å². The van der Waals surface area contributed by atoms with Gasteiger partial charge in [0.15, 0.2) is 5.78 Å². The lowest BCUT2D eigenvalue weighted by Gasteiger charge is -2.26. The summed E-state index contributed by atoms with van der Waals surface area (Å²) in [6, 6.07) is 10.6. The Kier molecular flexibility index (Phi) is 7.88. The van der Waals surface area contributed by atoms with E-state index in [1.807, 2.05) is 6.07 Å². The Bertz CT molecular complexity index is 1070. The highest BCUT2D eigenvalue weighted by Crippen LogP contribution is 2.24. The zero-order valence-electron chi connectivity index (χ0n) is 19.3. The summed E-state index contributed by atoms with van der Waals surface area (Å²) in [5, 5.41) is 7.76. The molecule has 3 N–H and O–H groups in total. The summed E-state index contributed by atoms with van der Waals surface area (Å²) in [7, 11) is 0. The van der Waals surface area contributed by atoms with Gasteiger partial charge in [0.05, 0.1) is 24.4 Å². The van der Waals surface area contributed by atoms with Crippen LogP contribution in [0.4, 0.5) is 0 Å². The highest BCUT2D eigenvalue weighted by molar-refractivity contribution is 6.16. The third kappa shape index (κ3) is 5.72. The van der Waals surface area contributed by atoms with Crippen molar-refractivity contribution in [2.45, 2.75) is 39.3 Å². The molecule has 2 aromatic rings. The lowest BCUT2D eigenvalue weighted by atomic mass is 9.85. The molecule has 9 nitrogen and oxygen atoms in total. The van der Waals surface area contributed by atoms with Gasteiger partial charge < -0.3 is 10.6 Å². The van der Waals surface area contributed by atoms with Crippen LogP contribution in [-0.4, -0.2) is 40.4 Å². The molecular weight excluding hydrogens is 436 g/mol. The summed E-state index contributed by atoms with van der Waals surface area (Å²) in [6.45, 7) is 5.02. The van der Waals surface area contributed by atoms with E-state index in [0.29, 0.717) is 5.56 Å². The summed E-state index contributed by atoms with van der Waals surface area (Å²) >= 11 is 0. The monoisotopic (exact) mass is 464 g/mol. The molecule has 1 saturated heterocycles. The molecule has 1 aliphatic rings. The highest BCUT2D eigenvalue weighted by atomic mass is 16.2. The van der Waals surface area contributed by atoms with E-state index in [1.54, 1.807) is 50.2 Å². The Morgan fingerprint density at radius 1 is 0.971 bits per heavy atom. The fourth-order valence-electron chi connectivity index (χ4n) is 3.93. The summed E-state index contributed by atoms with van der Waals surface area (Å²) < 4.78 is 0. The van der Waals surface area contributed by atoms with Crippen LogP contribution in [-0.2, 0) is 19.2 Å². The van der Waals surface area contributed by atoms with Crippen molar-refractivity contribution in [3.63, 3.8) is 0 Å². The van der Waals surface area contributed by atoms with Crippen LogP contribution >= 0.6 is 0 Å². The second-order valence-electron chi connectivity index (χ2n) is 8.69. The molecule has 0 spiro atoms. The predicted octanol–water partition coefficient (Wildman–Crippen LogP) is 1.56. The summed E-state index contributed by atoms with van der Waals surface area (Å²) in [5.74, 6) is -4.73. The molecule has 0 bridgehead atoms. The minimum atomic E-state index is -1.14. The van der Waals surface area contributed by atoms with Gasteiger partial charge in [-0.05, 0) is 23.6 Å². The molecule has 1 fully saturated rings. The van der Waals surface area contributed by atoms with Crippen LogP contribution in [0.1, 0.15) is 49.2 Å². The van der Waals surface area contributed by atoms with Crippen molar-refractivity contribution in [2.75, 3.05) is 0 Å². The first-order valence-corrected chi connectivity index (χ1v) is 11.1. The third-order valence-corrected chi connectivity index (χ3v) is 5.88. The number of amides is 4. The normalized spacial score (nSPS) is 19.3. The molecule has 0 unspecified atom stereocenters. The number of hydrogen-bond donors (Lipinski definition) is 3. The van der Waals surface area contributed by atoms with Crippen molar-refractivity contribution in [1.29, 1.82) is 0 Å². The average Bonchev–Trinajstić information content (AvgIpc) is 3.08. The summed E-state index contributed by atoms with van der Waals surface area (Å²) in [5.41, 5.74) is 1.12. The van der Waals surface area contributed by atoms with E-state index in [1.165, 1.54) is 19.3 Å². The van der Waals surface area contributed by atoms with Crippen molar-refractivity contribution in [2.24, 2.45) is 17.8 Å². The Morgan fingerprint density at radius 2 is 1.62 bits per heavy atom. The van der Waals surface area contributed by atoms with E-state index in [0.717, 1.165) is 5.56 Å². The van der Waals surface area contributed by atoms with Crippen LogP contribution < -0.4 is 16.0 Å². The first kappa shape index (κ1) is 24.8. The van der Waals surface area contributed by atoms with Gasteiger partial charge in [-0.3, -0.25) is 34.3 Å². The van der Waals surface area contributed by atoms with E-state index in [4.69, 9.17) is 0 Å². The summed E-state index contributed by atoms with van der Waals surface area (Å²) in [4.78, 5) is 66.7. The standard InChI is InChI=1S/C25H28N4O5/c1-14(2)21(22(31)20-15(3)23(32)29-25(20)34)28-19(30)13-18(16-7-5-4-6-8-16)27-24(33)17-9-11-26-12-10-17/h4-12,14-15,18,20-21H,13H2,1-3H3,(H,27,33)(H,28,30)(H,29,32,34)/t15-,18-,20+,21+/m0/s1. The SMILES string of the molecule is CC(C)[C@@H](NC(=O)C[C@H](NC(=O)c1ccncc1)c1ccccc1)C(=O)[C@@H]1C(=O)NC(=O)[C@H]1C. The van der Waals surface area contributed by atoms with Crippen LogP contribution in [0.5, 0.6) is 0 Å². The number of Topliss-reactive ketones (excluding diaryl/α,β-unsaturated/α-hetero) is 1. The third-order valence-electron chi connectivity index (χ3n) is 5.88. The maximum Gasteiger partial charge on any atom is 0.251 e. The second kappa shape index (κ2) is 10.8. The smallest absolute Gasteiger partial charge is 0.251 e. The van der Waals surface area contributed by atoms with Gasteiger partial charge in [0.25, 0.3) is 5.91 Å². The van der Waals surface area contributed by atoms with Crippen molar-refractivity contribution >= 4 is 29.4 Å². The highest BCUT2D eigenvalue weighted by Gasteiger charge is 2.46. The topological polar surface area (TPSA) is 134 Å². The van der Waals surface area contributed by atoms with Crippen LogP contribution in [0.25, 0.3) is 0 Å². The molecule has 4 amide bonds. The fourth-order valence-corrected chi connectivity index (χ4v) is 3.93. The number of nitrogens with one attached hydrogen (secondary N) is 3. The fraction of sp³-hybridized carbons (Fsp3) is 0.360. The van der Waals surface area contributed by atoms with Crippen LogP contribution in [0.3, 0.4) is 0 Å². The number of hydrogen-bond acceptors (Lipinski definition) is 6. The maximum atomic E-state index is 13.1. The largest absolute Gasteiger partial charge is 0.346 e. The minimum absolute atomic E-state index is 0.122. The molecule has 3 rings (SSSR count). The van der Waals surface area contributed by atoms with Crippen LogP contribution in [0.15, 0.2) is 54.9 Å². The molecular formula is C25H28N4O5. The Labute approximate surface area is 197 Å². The number of carbonyl (C=O) groups excluding carboxylic acids is 5. The number of aromatic nitrogens is 1. The number of benzene rings is 1. The van der Waals surface area contributed by atoms with Crippen molar-refractivity contribution in [3.8, 4) is 0 Å². The first-order valence-electron chi connectivity index (χ1n) is 11.1. The minimum Gasteiger partial charge on any atom is -0.346 e. The van der Waals surface area contributed by atoms with E-state index < -0.39 is 47.4 Å². The molecule has 0 saturated carbocycles. The Morgan fingerprint density at radius 3 is 2.18 bits per heavy atom. The number of ketones is 1. The number of imide groups is 1. The molecule has 1 aliphatic heterocycles. The van der Waals surface area contributed by atoms with E-state index in [2.05, 4.69) is 20.9 Å². The zero-order chi connectivity index (χ0) is 24.8. The molecule has 0 radical (unpaired) electrons. The molecule has 0 aliphatic carbocycles. The lowest BCUT2D eigenvalue weighted by molar-refractivity contribution is -0.137.